The summed E-state index contributed by atoms with van der Waals surface area (Å²) in [6.45, 7) is 1.44. The fraction of sp³-hybridized carbons (Fsp3) is 0.222. The molecule has 9 heteroatoms. The van der Waals surface area contributed by atoms with Crippen molar-refractivity contribution in [1.29, 1.82) is 5.26 Å². The average Bonchev–Trinajstić information content (AvgIpc) is 3.09. The van der Waals surface area contributed by atoms with Crippen LogP contribution >= 0.6 is 23.1 Å². The highest BCUT2D eigenvalue weighted by atomic mass is 32.2. The topological polar surface area (TPSA) is 108 Å². The van der Waals surface area contributed by atoms with Crippen LogP contribution < -0.4 is 10.6 Å². The molecule has 2 amide bonds. The lowest BCUT2D eigenvalue weighted by molar-refractivity contribution is -0.153. The van der Waals surface area contributed by atoms with Crippen molar-refractivity contribution < 1.29 is 19.1 Å². The van der Waals surface area contributed by atoms with E-state index in [1.165, 1.54) is 30.0 Å². The molecule has 27 heavy (non-hydrogen) atoms. The van der Waals surface area contributed by atoms with Crippen molar-refractivity contribution in [3.05, 3.63) is 41.3 Å². The third-order valence-corrected chi connectivity index (χ3v) is 5.86. The molecule has 2 heterocycles. The van der Waals surface area contributed by atoms with Crippen LogP contribution in [-0.2, 0) is 19.1 Å². The van der Waals surface area contributed by atoms with Crippen LogP contribution in [0.15, 0.2) is 40.6 Å². The van der Waals surface area contributed by atoms with Gasteiger partial charge in [-0.2, -0.15) is 5.26 Å². The second kappa shape index (κ2) is 8.24. The quantitative estimate of drug-likeness (QED) is 0.746. The number of benzene rings is 1. The standard InChI is InChI=1S/C18H15N3O4S2/c1-10(16(23)21-18-11(9-19)6-7-26-18)25-15(22)8-14-17(24)20-12-4-2-3-5-13(12)27-14/h2-7,10,14H,8H2,1H3,(H,20,24)(H,21,23)/t10-,14-/m0/s1. The number of anilines is 2. The summed E-state index contributed by atoms with van der Waals surface area (Å²) in [5, 5.41) is 15.8. The van der Waals surface area contributed by atoms with E-state index in [-0.39, 0.29) is 12.3 Å². The Morgan fingerprint density at radius 3 is 2.93 bits per heavy atom. The number of amides is 2. The van der Waals surface area contributed by atoms with Crippen LogP contribution in [0.2, 0.25) is 0 Å². The number of nitriles is 1. The molecule has 1 aliphatic rings. The van der Waals surface area contributed by atoms with E-state index in [9.17, 15) is 14.4 Å². The summed E-state index contributed by atoms with van der Waals surface area (Å²) in [6.07, 6.45) is -1.19. The summed E-state index contributed by atoms with van der Waals surface area (Å²) in [5.74, 6) is -1.45. The number of fused-ring (bicyclic) bond motifs is 1. The maximum atomic E-state index is 12.2. The van der Waals surface area contributed by atoms with Gasteiger partial charge in [-0.3, -0.25) is 14.4 Å². The first-order valence-corrected chi connectivity index (χ1v) is 9.78. The summed E-state index contributed by atoms with van der Waals surface area (Å²) in [6, 6.07) is 10.9. The molecule has 0 radical (unpaired) electrons. The molecule has 7 nitrogen and oxygen atoms in total. The molecule has 0 aliphatic carbocycles. The molecule has 0 bridgehead atoms. The smallest absolute Gasteiger partial charge is 0.308 e. The molecule has 1 aliphatic heterocycles. The molecule has 0 fully saturated rings. The van der Waals surface area contributed by atoms with E-state index in [1.54, 1.807) is 17.5 Å². The highest BCUT2D eigenvalue weighted by Gasteiger charge is 2.30. The number of carbonyl (C=O) groups is 3. The third-order valence-electron chi connectivity index (χ3n) is 3.76. The van der Waals surface area contributed by atoms with Crippen molar-refractivity contribution in [1.82, 2.24) is 0 Å². The van der Waals surface area contributed by atoms with Gasteiger partial charge in [0.15, 0.2) is 6.10 Å². The highest BCUT2D eigenvalue weighted by Crippen LogP contribution is 2.36. The molecule has 0 spiro atoms. The van der Waals surface area contributed by atoms with Gasteiger partial charge in [-0.1, -0.05) is 12.1 Å². The van der Waals surface area contributed by atoms with E-state index in [4.69, 9.17) is 10.00 Å². The number of rotatable bonds is 5. The SMILES string of the molecule is C[C@H](OC(=O)C[C@@H]1Sc2ccccc2NC1=O)C(=O)Nc1sccc1C#N. The van der Waals surface area contributed by atoms with Crippen molar-refractivity contribution in [2.75, 3.05) is 10.6 Å². The van der Waals surface area contributed by atoms with Crippen molar-refractivity contribution in [3.8, 4) is 6.07 Å². The number of thioether (sulfide) groups is 1. The number of hydrogen-bond donors (Lipinski definition) is 2. The Bertz CT molecular complexity index is 935. The van der Waals surface area contributed by atoms with Gasteiger partial charge in [-0.05, 0) is 30.5 Å². The number of carbonyl (C=O) groups excluding carboxylic acids is 3. The summed E-state index contributed by atoms with van der Waals surface area (Å²) in [4.78, 5) is 37.3. The van der Waals surface area contributed by atoms with E-state index in [0.29, 0.717) is 16.3 Å². The number of esters is 1. The third kappa shape index (κ3) is 4.48. The van der Waals surface area contributed by atoms with E-state index in [2.05, 4.69) is 10.6 Å². The maximum absolute atomic E-state index is 12.2. The zero-order chi connectivity index (χ0) is 19.4. The number of hydrogen-bond acceptors (Lipinski definition) is 7. The molecule has 2 aromatic rings. The molecule has 1 aromatic carbocycles. The van der Waals surface area contributed by atoms with Crippen LogP contribution in [0, 0.1) is 11.3 Å². The fourth-order valence-corrected chi connectivity index (χ4v) is 4.22. The summed E-state index contributed by atoms with van der Waals surface area (Å²) in [7, 11) is 0. The van der Waals surface area contributed by atoms with Crippen molar-refractivity contribution in [2.24, 2.45) is 0 Å². The minimum absolute atomic E-state index is 0.148. The lowest BCUT2D eigenvalue weighted by Crippen LogP contribution is -2.34. The molecule has 0 saturated carbocycles. The van der Waals surface area contributed by atoms with Crippen LogP contribution in [0.3, 0.4) is 0 Å². The van der Waals surface area contributed by atoms with Crippen molar-refractivity contribution in [2.45, 2.75) is 29.6 Å². The molecule has 2 atom stereocenters. The Hall–Kier alpha value is -2.83. The number of ether oxygens (including phenoxy) is 1. The van der Waals surface area contributed by atoms with Gasteiger partial charge >= 0.3 is 5.97 Å². The van der Waals surface area contributed by atoms with Gasteiger partial charge in [0.05, 0.1) is 22.9 Å². The number of para-hydroxylation sites is 1. The second-order valence-electron chi connectivity index (χ2n) is 5.69. The number of thiophene rings is 1. The van der Waals surface area contributed by atoms with Gasteiger partial charge in [0.1, 0.15) is 11.1 Å². The molecular weight excluding hydrogens is 386 g/mol. The molecule has 1 aromatic heterocycles. The maximum Gasteiger partial charge on any atom is 0.308 e. The average molecular weight is 401 g/mol. The molecule has 3 rings (SSSR count). The largest absolute Gasteiger partial charge is 0.452 e. The lowest BCUT2D eigenvalue weighted by atomic mass is 10.2. The molecule has 0 saturated heterocycles. The van der Waals surface area contributed by atoms with E-state index >= 15 is 0 Å². The summed E-state index contributed by atoms with van der Waals surface area (Å²) < 4.78 is 5.15. The summed E-state index contributed by atoms with van der Waals surface area (Å²) >= 11 is 2.50. The Kier molecular flexibility index (Phi) is 5.78. The Balaban J connectivity index is 1.55. The predicted octanol–water partition coefficient (Wildman–Crippen LogP) is 2.99. The monoisotopic (exact) mass is 401 g/mol. The number of nitrogens with zero attached hydrogens (tertiary/aromatic N) is 1. The van der Waals surface area contributed by atoms with Gasteiger partial charge in [-0.15, -0.1) is 23.1 Å². The molecule has 138 valence electrons. The van der Waals surface area contributed by atoms with E-state index < -0.39 is 23.2 Å². The van der Waals surface area contributed by atoms with Crippen LogP contribution in [0.5, 0.6) is 0 Å². The van der Waals surface area contributed by atoms with Crippen molar-refractivity contribution >= 4 is 51.6 Å². The first-order chi connectivity index (χ1) is 13.0. The van der Waals surface area contributed by atoms with E-state index in [0.717, 1.165) is 4.90 Å². The summed E-state index contributed by atoms with van der Waals surface area (Å²) in [5.41, 5.74) is 1.06. The normalized spacial score (nSPS) is 16.4. The molecule has 2 N–H and O–H groups in total. The predicted molar refractivity (Wildman–Crippen MR) is 103 cm³/mol. The minimum atomic E-state index is -1.05. The van der Waals surface area contributed by atoms with Crippen LogP contribution in [0.1, 0.15) is 18.9 Å². The Labute approximate surface area is 163 Å². The highest BCUT2D eigenvalue weighted by molar-refractivity contribution is 8.01. The first-order valence-electron chi connectivity index (χ1n) is 8.02. The van der Waals surface area contributed by atoms with Gasteiger partial charge in [0.25, 0.3) is 5.91 Å². The Morgan fingerprint density at radius 2 is 2.15 bits per heavy atom. The molecule has 0 unspecified atom stereocenters. The first kappa shape index (κ1) is 18.9. The molecular formula is C18H15N3O4S2. The van der Waals surface area contributed by atoms with Crippen LogP contribution in [-0.4, -0.2) is 29.1 Å². The fourth-order valence-electron chi connectivity index (χ4n) is 2.38. The zero-order valence-corrected chi connectivity index (χ0v) is 15.9. The lowest BCUT2D eigenvalue weighted by Gasteiger charge is -2.23. The zero-order valence-electron chi connectivity index (χ0n) is 14.2. The number of nitrogens with one attached hydrogen (secondary N) is 2. The Morgan fingerprint density at radius 1 is 1.37 bits per heavy atom. The minimum Gasteiger partial charge on any atom is -0.452 e. The van der Waals surface area contributed by atoms with Gasteiger partial charge in [-0.25, -0.2) is 0 Å². The van der Waals surface area contributed by atoms with Gasteiger partial charge in [0, 0.05) is 4.90 Å². The van der Waals surface area contributed by atoms with Crippen molar-refractivity contribution in [3.63, 3.8) is 0 Å². The van der Waals surface area contributed by atoms with Crippen LogP contribution in [0.4, 0.5) is 10.7 Å². The van der Waals surface area contributed by atoms with Gasteiger partial charge < -0.3 is 15.4 Å². The van der Waals surface area contributed by atoms with Gasteiger partial charge in [0.2, 0.25) is 5.91 Å². The second-order valence-corrected chi connectivity index (χ2v) is 7.85. The van der Waals surface area contributed by atoms with Crippen LogP contribution in [0.25, 0.3) is 0 Å². The van der Waals surface area contributed by atoms with E-state index in [1.807, 2.05) is 24.3 Å².